The Morgan fingerprint density at radius 2 is 1.32 bits per heavy atom. The van der Waals surface area contributed by atoms with Crippen LogP contribution in [0.3, 0.4) is 0 Å². The van der Waals surface area contributed by atoms with Crippen molar-refractivity contribution in [2.45, 2.75) is 141 Å². The maximum Gasteiger partial charge on any atom is 0.325 e. The molecule has 0 aliphatic heterocycles. The molecular weight excluding hydrogens is 498 g/mol. The summed E-state index contributed by atoms with van der Waals surface area (Å²) in [4.78, 5) is 29.8. The molecule has 0 aliphatic rings. The van der Waals surface area contributed by atoms with Crippen LogP contribution in [-0.2, 0) is 13.8 Å². The molecule has 0 amide bonds. The number of aliphatic carboxylic acids is 1. The number of carbonyl (C=O) groups is 2. The van der Waals surface area contributed by atoms with Gasteiger partial charge in [0.25, 0.3) is 5.22 Å². The summed E-state index contributed by atoms with van der Waals surface area (Å²) < 4.78 is 11.3. The number of aromatic nitrogens is 1. The van der Waals surface area contributed by atoms with Gasteiger partial charge in [0.1, 0.15) is 5.52 Å². The summed E-state index contributed by atoms with van der Waals surface area (Å²) in [5.41, 5.74) is 0.302. The van der Waals surface area contributed by atoms with Gasteiger partial charge in [0.15, 0.2) is 17.6 Å². The minimum atomic E-state index is -1.02. The molecule has 0 saturated carbocycles. The zero-order valence-electron chi connectivity index (χ0n) is 23.7. The minimum Gasteiger partial charge on any atom is -0.481 e. The van der Waals surface area contributed by atoms with Gasteiger partial charge in [-0.15, -0.1) is 0 Å². The summed E-state index contributed by atoms with van der Waals surface area (Å²) in [7, 11) is 0. The molecule has 1 aromatic carbocycles. The predicted octanol–water partition coefficient (Wildman–Crippen LogP) is 9.90. The molecular formula is C31H49NO5S. The van der Waals surface area contributed by atoms with E-state index in [1.54, 1.807) is 0 Å². The maximum atomic E-state index is 13.5. The highest BCUT2D eigenvalue weighted by Gasteiger charge is 2.41. The molecule has 38 heavy (non-hydrogen) atoms. The number of carboxylic acids is 1. The molecule has 6 nitrogen and oxygen atoms in total. The molecule has 1 N–H and O–H groups in total. The Labute approximate surface area is 233 Å². The zero-order chi connectivity index (χ0) is 27.5. The van der Waals surface area contributed by atoms with E-state index in [0.29, 0.717) is 23.9 Å². The molecule has 0 unspecified atom stereocenters. The van der Waals surface area contributed by atoms with Gasteiger partial charge in [-0.2, -0.15) is 0 Å². The molecule has 0 aliphatic carbocycles. The smallest absolute Gasteiger partial charge is 0.325 e. The number of benzene rings is 1. The van der Waals surface area contributed by atoms with Crippen molar-refractivity contribution in [3.8, 4) is 0 Å². The highest BCUT2D eigenvalue weighted by Crippen LogP contribution is 2.39. The first-order chi connectivity index (χ1) is 18.5. The minimum absolute atomic E-state index is 0.201. The van der Waals surface area contributed by atoms with Crippen LogP contribution in [0.25, 0.3) is 11.1 Å². The Morgan fingerprint density at radius 3 is 1.82 bits per heavy atom. The number of fused-ring (bicyclic) bond motifs is 1. The number of para-hydroxylation sites is 2. The van der Waals surface area contributed by atoms with E-state index < -0.39 is 17.4 Å². The van der Waals surface area contributed by atoms with E-state index in [9.17, 15) is 14.7 Å². The number of unbranched alkanes of at least 4 members (excludes halogenated alkanes) is 14. The lowest BCUT2D eigenvalue weighted by Gasteiger charge is -2.29. The first-order valence-corrected chi connectivity index (χ1v) is 15.7. The highest BCUT2D eigenvalue weighted by molar-refractivity contribution is 7.94. The number of rotatable bonds is 23. The standard InChI is InChI=1S/C31H49NO5S/c1-3-5-7-9-11-13-15-19-23-31(25-28(33)34,24-20-16-14-12-10-8-6-4-2)29(35)37-38-30-32-26-21-17-18-22-27(26)36-30/h17-18,21-22H,3-16,19-20,23-25H2,1-2H3,(H,33,34). The molecule has 1 heterocycles. The van der Waals surface area contributed by atoms with Gasteiger partial charge in [-0.1, -0.05) is 129 Å². The SMILES string of the molecule is CCCCCCCCCCC(CCCCCCCCCC)(CC(=O)O)C(=O)OSc1nc2ccccc2o1. The molecule has 1 aromatic heterocycles. The molecule has 0 bridgehead atoms. The second kappa shape index (κ2) is 19.1. The van der Waals surface area contributed by atoms with Gasteiger partial charge in [-0.3, -0.25) is 9.59 Å². The van der Waals surface area contributed by atoms with E-state index in [1.165, 1.54) is 64.2 Å². The monoisotopic (exact) mass is 547 g/mol. The summed E-state index contributed by atoms with van der Waals surface area (Å²) >= 11 is 0.798. The van der Waals surface area contributed by atoms with Gasteiger partial charge in [0.05, 0.1) is 11.8 Å². The Morgan fingerprint density at radius 1 is 0.816 bits per heavy atom. The Hall–Kier alpha value is -2.02. The van der Waals surface area contributed by atoms with E-state index >= 15 is 0 Å². The molecule has 2 aromatic rings. The summed E-state index contributed by atoms with van der Waals surface area (Å²) in [5, 5.41) is 10.0. The number of oxazole rings is 1. The van der Waals surface area contributed by atoms with Gasteiger partial charge in [-0.25, -0.2) is 4.98 Å². The van der Waals surface area contributed by atoms with Crippen molar-refractivity contribution in [2.24, 2.45) is 5.41 Å². The summed E-state index contributed by atoms with van der Waals surface area (Å²) in [5.74, 6) is -1.41. The van der Waals surface area contributed by atoms with Gasteiger partial charge in [0, 0.05) is 0 Å². The van der Waals surface area contributed by atoms with Crippen molar-refractivity contribution in [2.75, 3.05) is 0 Å². The third-order valence-electron chi connectivity index (χ3n) is 7.40. The third-order valence-corrected chi connectivity index (χ3v) is 7.96. The molecule has 0 fully saturated rings. The van der Waals surface area contributed by atoms with Crippen molar-refractivity contribution in [3.63, 3.8) is 0 Å². The van der Waals surface area contributed by atoms with Crippen LogP contribution in [0.4, 0.5) is 0 Å². The van der Waals surface area contributed by atoms with Gasteiger partial charge < -0.3 is 13.7 Å². The average Bonchev–Trinajstić information content (AvgIpc) is 3.33. The molecule has 2 rings (SSSR count). The topological polar surface area (TPSA) is 89.6 Å². The number of hydrogen-bond acceptors (Lipinski definition) is 6. The molecule has 0 atom stereocenters. The van der Waals surface area contributed by atoms with E-state index in [0.717, 1.165) is 50.6 Å². The van der Waals surface area contributed by atoms with Gasteiger partial charge in [-0.05, 0) is 25.0 Å². The van der Waals surface area contributed by atoms with Crippen molar-refractivity contribution >= 4 is 35.1 Å². The van der Waals surface area contributed by atoms with Crippen molar-refractivity contribution in [3.05, 3.63) is 24.3 Å². The number of carboxylic acid groups (broad SMARTS) is 1. The maximum absolute atomic E-state index is 13.5. The number of nitrogens with zero attached hydrogens (tertiary/aromatic N) is 1. The van der Waals surface area contributed by atoms with Crippen LogP contribution in [-0.4, -0.2) is 22.0 Å². The summed E-state index contributed by atoms with van der Waals surface area (Å²) in [6.07, 6.45) is 19.3. The lowest BCUT2D eigenvalue weighted by atomic mass is 9.75. The number of hydrogen-bond donors (Lipinski definition) is 1. The zero-order valence-corrected chi connectivity index (χ0v) is 24.5. The summed E-state index contributed by atoms with van der Waals surface area (Å²) in [6.45, 7) is 4.44. The Bertz CT molecular complexity index is 875. The van der Waals surface area contributed by atoms with E-state index in [2.05, 4.69) is 18.8 Å². The summed E-state index contributed by atoms with van der Waals surface area (Å²) in [6, 6.07) is 7.38. The first-order valence-electron chi connectivity index (χ1n) is 15.0. The largest absolute Gasteiger partial charge is 0.481 e. The molecule has 0 spiro atoms. The molecule has 0 radical (unpaired) electrons. The normalized spacial score (nSPS) is 11.7. The van der Waals surface area contributed by atoms with Crippen LogP contribution in [0.15, 0.2) is 33.9 Å². The Kier molecular flexibility index (Phi) is 16.2. The first kappa shape index (κ1) is 32.2. The quantitative estimate of drug-likeness (QED) is 0.109. The van der Waals surface area contributed by atoms with E-state index in [4.69, 9.17) is 8.60 Å². The molecule has 7 heteroatoms. The predicted molar refractivity (Wildman–Crippen MR) is 155 cm³/mol. The fourth-order valence-corrected chi connectivity index (χ4v) is 5.69. The van der Waals surface area contributed by atoms with E-state index in [1.807, 2.05) is 24.3 Å². The second-order valence-corrected chi connectivity index (χ2v) is 11.4. The van der Waals surface area contributed by atoms with Crippen LogP contribution < -0.4 is 0 Å². The second-order valence-electron chi connectivity index (χ2n) is 10.7. The van der Waals surface area contributed by atoms with Crippen LogP contribution in [0.5, 0.6) is 0 Å². The third kappa shape index (κ3) is 12.2. The van der Waals surface area contributed by atoms with Crippen LogP contribution in [0.1, 0.15) is 136 Å². The van der Waals surface area contributed by atoms with Crippen LogP contribution in [0.2, 0.25) is 0 Å². The fraction of sp³-hybridized carbons (Fsp3) is 0.710. The van der Waals surface area contributed by atoms with Crippen molar-refractivity contribution in [1.29, 1.82) is 0 Å². The number of carbonyl (C=O) groups excluding carboxylic acids is 1. The fourth-order valence-electron chi connectivity index (χ4n) is 5.11. The molecule has 0 saturated heterocycles. The van der Waals surface area contributed by atoms with E-state index in [-0.39, 0.29) is 11.6 Å². The lowest BCUT2D eigenvalue weighted by Crippen LogP contribution is -2.34. The van der Waals surface area contributed by atoms with Gasteiger partial charge >= 0.3 is 11.9 Å². The Balaban J connectivity index is 1.97. The average molecular weight is 548 g/mol. The van der Waals surface area contributed by atoms with Crippen molar-refractivity contribution < 1.29 is 23.3 Å². The highest BCUT2D eigenvalue weighted by atomic mass is 32.2. The van der Waals surface area contributed by atoms with Gasteiger partial charge in [0.2, 0.25) is 0 Å². The van der Waals surface area contributed by atoms with Crippen LogP contribution >= 0.6 is 12.0 Å². The van der Waals surface area contributed by atoms with Crippen LogP contribution in [0, 0.1) is 5.41 Å². The van der Waals surface area contributed by atoms with Crippen molar-refractivity contribution in [1.82, 2.24) is 4.98 Å². The molecule has 214 valence electrons. The lowest BCUT2D eigenvalue weighted by molar-refractivity contribution is -0.153.